The summed E-state index contributed by atoms with van der Waals surface area (Å²) < 4.78 is 27.3. The highest BCUT2D eigenvalue weighted by Gasteiger charge is 2.20. The Kier molecular flexibility index (Phi) is 4.89. The van der Waals surface area contributed by atoms with E-state index in [0.29, 0.717) is 16.2 Å². The van der Waals surface area contributed by atoms with E-state index in [4.69, 9.17) is 0 Å². The van der Waals surface area contributed by atoms with E-state index in [-0.39, 0.29) is 0 Å². The second-order valence-electron chi connectivity index (χ2n) is 6.61. The van der Waals surface area contributed by atoms with Crippen LogP contribution < -0.4 is 9.75 Å². The van der Waals surface area contributed by atoms with Crippen molar-refractivity contribution in [3.05, 3.63) is 80.9 Å². The lowest BCUT2D eigenvalue weighted by Crippen LogP contribution is -2.31. The molecule has 1 aliphatic rings. The van der Waals surface area contributed by atoms with Gasteiger partial charge in [0, 0.05) is 23.8 Å². The normalized spacial score (nSPS) is 13.6. The van der Waals surface area contributed by atoms with Gasteiger partial charge in [0.25, 0.3) is 0 Å². The van der Waals surface area contributed by atoms with Crippen LogP contribution in [0.3, 0.4) is 0 Å². The molecule has 3 nitrogen and oxygen atoms in total. The molecule has 2 aromatic carbocycles. The second kappa shape index (κ2) is 7.33. The standard InChI is InChI=1S/C22H21NO2S2/c1-2-18-5-3-4-6-22(18)27(24,25)20-9-7-17(8-10-20)15-23-13-11-19-12-14-26-21(19)16-23/h3-12,14,16H,2,13,15H2,1H3. The average Bonchev–Trinajstić information content (AvgIpc) is 3.16. The molecule has 0 atom stereocenters. The predicted molar refractivity (Wildman–Crippen MR) is 111 cm³/mol. The Morgan fingerprint density at radius 3 is 2.59 bits per heavy atom. The molecule has 0 saturated carbocycles. The zero-order valence-corrected chi connectivity index (χ0v) is 16.8. The molecule has 4 rings (SSSR count). The summed E-state index contributed by atoms with van der Waals surface area (Å²) in [6, 6.07) is 16.7. The largest absolute Gasteiger partial charge is 0.368 e. The molecule has 0 saturated heterocycles. The van der Waals surface area contributed by atoms with E-state index in [2.05, 4.69) is 28.6 Å². The van der Waals surface area contributed by atoms with Gasteiger partial charge in [-0.25, -0.2) is 8.42 Å². The quantitative estimate of drug-likeness (QED) is 0.666. The summed E-state index contributed by atoms with van der Waals surface area (Å²) >= 11 is 1.74. The molecule has 0 bridgehead atoms. The summed E-state index contributed by atoms with van der Waals surface area (Å²) in [7, 11) is -3.49. The summed E-state index contributed by atoms with van der Waals surface area (Å²) in [5, 5.41) is 3.40. The molecule has 138 valence electrons. The Labute approximate surface area is 163 Å². The van der Waals surface area contributed by atoms with Crippen molar-refractivity contribution >= 4 is 33.5 Å². The third-order valence-corrected chi connectivity index (χ3v) is 7.57. The third kappa shape index (κ3) is 3.57. The molecule has 0 amide bonds. The first-order valence-electron chi connectivity index (χ1n) is 8.99. The Morgan fingerprint density at radius 1 is 1.04 bits per heavy atom. The predicted octanol–water partition coefficient (Wildman–Crippen LogP) is 3.18. The molecule has 0 fully saturated rings. The topological polar surface area (TPSA) is 37.4 Å². The Hall–Kier alpha value is -2.37. The fraction of sp³-hybridized carbons (Fsp3) is 0.182. The van der Waals surface area contributed by atoms with Crippen molar-refractivity contribution in [2.75, 3.05) is 6.54 Å². The van der Waals surface area contributed by atoms with Gasteiger partial charge < -0.3 is 4.90 Å². The maximum absolute atomic E-state index is 13.0. The third-order valence-electron chi connectivity index (χ3n) is 4.84. The molecular weight excluding hydrogens is 374 g/mol. The van der Waals surface area contributed by atoms with Crippen LogP contribution in [0, 0.1) is 0 Å². The Balaban J connectivity index is 1.57. The molecule has 27 heavy (non-hydrogen) atoms. The van der Waals surface area contributed by atoms with E-state index in [1.54, 1.807) is 35.6 Å². The number of fused-ring (bicyclic) bond motifs is 1. The van der Waals surface area contributed by atoms with E-state index in [1.807, 2.05) is 31.2 Å². The van der Waals surface area contributed by atoms with Crippen LogP contribution in [0.5, 0.6) is 0 Å². The minimum atomic E-state index is -3.49. The van der Waals surface area contributed by atoms with Crippen molar-refractivity contribution in [1.29, 1.82) is 0 Å². The Morgan fingerprint density at radius 2 is 1.81 bits per heavy atom. The number of hydrogen-bond acceptors (Lipinski definition) is 4. The summed E-state index contributed by atoms with van der Waals surface area (Å²) in [4.78, 5) is 3.00. The molecular formula is C22H21NO2S2. The van der Waals surface area contributed by atoms with Crippen molar-refractivity contribution in [2.24, 2.45) is 0 Å². The van der Waals surface area contributed by atoms with Gasteiger partial charge in [-0.15, -0.1) is 11.3 Å². The van der Waals surface area contributed by atoms with E-state index in [1.165, 1.54) is 9.75 Å². The number of benzene rings is 2. The van der Waals surface area contributed by atoms with Crippen LogP contribution in [0.25, 0.3) is 12.3 Å². The van der Waals surface area contributed by atoms with Crippen molar-refractivity contribution in [3.8, 4) is 0 Å². The van der Waals surface area contributed by atoms with Gasteiger partial charge >= 0.3 is 0 Å². The molecule has 2 heterocycles. The van der Waals surface area contributed by atoms with Crippen LogP contribution in [-0.2, 0) is 22.8 Å². The highest BCUT2D eigenvalue weighted by atomic mass is 32.2. The van der Waals surface area contributed by atoms with Crippen molar-refractivity contribution in [3.63, 3.8) is 0 Å². The maximum Gasteiger partial charge on any atom is 0.206 e. The number of nitrogens with zero attached hydrogens (tertiary/aromatic N) is 1. The molecule has 0 spiro atoms. The van der Waals surface area contributed by atoms with Gasteiger partial charge in [-0.05, 0) is 52.4 Å². The van der Waals surface area contributed by atoms with Gasteiger partial charge in [0.1, 0.15) is 0 Å². The summed E-state index contributed by atoms with van der Waals surface area (Å²) in [5.74, 6) is 0. The fourth-order valence-electron chi connectivity index (χ4n) is 3.34. The van der Waals surface area contributed by atoms with Gasteiger partial charge in [0.15, 0.2) is 0 Å². The first kappa shape index (κ1) is 18.0. The minimum absolute atomic E-state index is 0.349. The number of rotatable bonds is 5. The monoisotopic (exact) mass is 395 g/mol. The number of sulfone groups is 1. The first-order valence-corrected chi connectivity index (χ1v) is 11.4. The maximum atomic E-state index is 13.0. The first-order chi connectivity index (χ1) is 13.1. The van der Waals surface area contributed by atoms with E-state index < -0.39 is 9.84 Å². The van der Waals surface area contributed by atoms with Gasteiger partial charge in [0.2, 0.25) is 9.84 Å². The minimum Gasteiger partial charge on any atom is -0.368 e. The molecule has 1 aromatic heterocycles. The summed E-state index contributed by atoms with van der Waals surface area (Å²) in [5.41, 5.74) is 1.95. The SMILES string of the molecule is CCc1ccccc1S(=O)(=O)c1ccc(CN2C=c3sccc3=CC2)cc1. The van der Waals surface area contributed by atoms with Crippen LogP contribution in [0.1, 0.15) is 18.1 Å². The van der Waals surface area contributed by atoms with Gasteiger partial charge in [0.05, 0.1) is 9.79 Å². The Bertz CT molecular complexity index is 1180. The van der Waals surface area contributed by atoms with E-state index >= 15 is 0 Å². The van der Waals surface area contributed by atoms with Crippen LogP contribution in [0.2, 0.25) is 0 Å². The van der Waals surface area contributed by atoms with Crippen molar-refractivity contribution < 1.29 is 8.42 Å². The van der Waals surface area contributed by atoms with E-state index in [9.17, 15) is 8.42 Å². The summed E-state index contributed by atoms with van der Waals surface area (Å²) in [6.45, 7) is 3.61. The summed E-state index contributed by atoms with van der Waals surface area (Å²) in [6.07, 6.45) is 5.11. The lowest BCUT2D eigenvalue weighted by molar-refractivity contribution is 0.455. The second-order valence-corrected chi connectivity index (χ2v) is 9.48. The number of aryl methyl sites for hydroxylation is 1. The molecule has 0 radical (unpaired) electrons. The van der Waals surface area contributed by atoms with Gasteiger partial charge in [-0.1, -0.05) is 43.3 Å². The highest BCUT2D eigenvalue weighted by Crippen LogP contribution is 2.25. The molecule has 0 aliphatic carbocycles. The zero-order chi connectivity index (χ0) is 18.9. The lowest BCUT2D eigenvalue weighted by Gasteiger charge is -2.20. The van der Waals surface area contributed by atoms with Gasteiger partial charge in [-0.3, -0.25) is 0 Å². The van der Waals surface area contributed by atoms with Crippen molar-refractivity contribution in [2.45, 2.75) is 29.7 Å². The highest BCUT2D eigenvalue weighted by molar-refractivity contribution is 7.91. The number of hydrogen-bond donors (Lipinski definition) is 0. The van der Waals surface area contributed by atoms with Crippen LogP contribution in [0.4, 0.5) is 0 Å². The molecule has 5 heteroatoms. The van der Waals surface area contributed by atoms with Crippen molar-refractivity contribution in [1.82, 2.24) is 4.90 Å². The molecule has 0 N–H and O–H groups in total. The molecule has 3 aromatic rings. The number of thiophene rings is 1. The smallest absolute Gasteiger partial charge is 0.206 e. The fourth-order valence-corrected chi connectivity index (χ4v) is 5.76. The van der Waals surface area contributed by atoms with Crippen LogP contribution in [-0.4, -0.2) is 19.9 Å². The van der Waals surface area contributed by atoms with E-state index in [0.717, 1.165) is 24.2 Å². The molecule has 0 unspecified atom stereocenters. The van der Waals surface area contributed by atoms with Crippen LogP contribution in [0.15, 0.2) is 69.8 Å². The zero-order valence-electron chi connectivity index (χ0n) is 15.1. The van der Waals surface area contributed by atoms with Gasteiger partial charge in [-0.2, -0.15) is 0 Å². The molecule has 1 aliphatic heterocycles. The van der Waals surface area contributed by atoms with Crippen LogP contribution >= 0.6 is 11.3 Å². The lowest BCUT2D eigenvalue weighted by atomic mass is 10.2. The average molecular weight is 396 g/mol.